The van der Waals surface area contributed by atoms with Crippen LogP contribution in [0.2, 0.25) is 0 Å². The summed E-state index contributed by atoms with van der Waals surface area (Å²) in [5.74, 6) is 3.18. The van der Waals surface area contributed by atoms with E-state index < -0.39 is 0 Å². The van der Waals surface area contributed by atoms with Crippen LogP contribution >= 0.6 is 24.8 Å². The van der Waals surface area contributed by atoms with Gasteiger partial charge in [-0.25, -0.2) is 0 Å². The molecule has 2 N–H and O–H groups in total. The molecule has 5 nitrogen and oxygen atoms in total. The maximum Gasteiger partial charge on any atom is 0.161 e. The number of aryl methyl sites for hydroxylation is 2. The average molecular weight is 554 g/mol. The monoisotopic (exact) mass is 552 g/mol. The Labute approximate surface area is 237 Å². The van der Waals surface area contributed by atoms with Gasteiger partial charge in [-0.05, 0) is 104 Å². The van der Waals surface area contributed by atoms with Crippen LogP contribution in [0.1, 0.15) is 36.9 Å². The molecule has 1 aliphatic carbocycles. The van der Waals surface area contributed by atoms with E-state index in [1.807, 2.05) is 54.7 Å². The van der Waals surface area contributed by atoms with Crippen molar-refractivity contribution in [2.45, 2.75) is 44.6 Å². The molecular formula is C31H34Cl2N2O3. The van der Waals surface area contributed by atoms with Crippen LogP contribution in [-0.4, -0.2) is 18.2 Å². The number of nitrogens with two attached hydrogens (primary N) is 1. The Balaban J connectivity index is 0.00000200. The van der Waals surface area contributed by atoms with E-state index in [1.165, 1.54) is 18.4 Å². The molecule has 0 unspecified atom stereocenters. The maximum absolute atomic E-state index is 6.28. The lowest BCUT2D eigenvalue weighted by molar-refractivity contribution is 0.200. The number of nitrogens with zero attached hydrogens (tertiary/aromatic N) is 1. The lowest BCUT2D eigenvalue weighted by atomic mass is 9.99. The molecule has 0 saturated heterocycles. The number of pyridine rings is 1. The van der Waals surface area contributed by atoms with Gasteiger partial charge in [0.2, 0.25) is 0 Å². The number of ether oxygens (including phenoxy) is 3. The Morgan fingerprint density at radius 2 is 1.50 bits per heavy atom. The second-order valence-electron chi connectivity index (χ2n) is 9.20. The highest BCUT2D eigenvalue weighted by Gasteiger charge is 2.19. The topological polar surface area (TPSA) is 66.6 Å². The minimum atomic E-state index is 0. The van der Waals surface area contributed by atoms with Crippen LogP contribution in [-0.2, 0) is 12.8 Å². The highest BCUT2D eigenvalue weighted by Crippen LogP contribution is 2.33. The molecule has 38 heavy (non-hydrogen) atoms. The highest BCUT2D eigenvalue weighted by atomic mass is 35.5. The number of hydrogen-bond donors (Lipinski definition) is 1. The summed E-state index contributed by atoms with van der Waals surface area (Å²) in [7, 11) is 1.70. The maximum atomic E-state index is 6.28. The summed E-state index contributed by atoms with van der Waals surface area (Å²) < 4.78 is 17.8. The van der Waals surface area contributed by atoms with E-state index in [2.05, 4.69) is 30.3 Å². The number of benzene rings is 3. The zero-order valence-electron chi connectivity index (χ0n) is 21.5. The fraction of sp³-hybridized carbons (Fsp3) is 0.258. The second kappa shape index (κ2) is 13.9. The van der Waals surface area contributed by atoms with Gasteiger partial charge in [-0.1, -0.05) is 24.3 Å². The molecule has 7 heteroatoms. The fourth-order valence-electron chi connectivity index (χ4n) is 4.69. The molecule has 200 valence electrons. The van der Waals surface area contributed by atoms with Crippen LogP contribution in [0.3, 0.4) is 0 Å². The number of rotatable bonds is 9. The van der Waals surface area contributed by atoms with E-state index in [0.29, 0.717) is 11.8 Å². The van der Waals surface area contributed by atoms with Crippen LogP contribution in [0.5, 0.6) is 23.0 Å². The van der Waals surface area contributed by atoms with Crippen LogP contribution in [0.4, 0.5) is 5.69 Å². The van der Waals surface area contributed by atoms with E-state index in [9.17, 15) is 0 Å². The number of halogens is 2. The highest BCUT2D eigenvalue weighted by molar-refractivity contribution is 5.85. The number of anilines is 1. The summed E-state index contributed by atoms with van der Waals surface area (Å²) in [6.45, 7) is 0. The zero-order chi connectivity index (χ0) is 24.7. The van der Waals surface area contributed by atoms with Gasteiger partial charge in [0.1, 0.15) is 11.5 Å². The van der Waals surface area contributed by atoms with Crippen molar-refractivity contribution in [3.05, 3.63) is 96.3 Å². The number of methoxy groups -OCH3 is 1. The Hall–Kier alpha value is -3.41. The van der Waals surface area contributed by atoms with Crippen LogP contribution < -0.4 is 19.9 Å². The molecule has 1 aliphatic rings. The molecule has 1 aromatic heterocycles. The predicted octanol–water partition coefficient (Wildman–Crippen LogP) is 8.08. The first-order chi connectivity index (χ1) is 17.7. The molecule has 0 bridgehead atoms. The average Bonchev–Trinajstić information content (AvgIpc) is 3.43. The SMILES string of the molecule is COc1ccc(CCc2ncccc2-c2ccc(Oc3ccc(N)cc3)cc2)cc1OC1CCCC1.Cl.Cl. The summed E-state index contributed by atoms with van der Waals surface area (Å²) in [5, 5.41) is 0. The Kier molecular flexibility index (Phi) is 10.7. The third-order valence-corrected chi connectivity index (χ3v) is 6.65. The van der Waals surface area contributed by atoms with Gasteiger partial charge in [0.05, 0.1) is 13.2 Å². The van der Waals surface area contributed by atoms with Crippen molar-refractivity contribution in [1.29, 1.82) is 0 Å². The summed E-state index contributed by atoms with van der Waals surface area (Å²) >= 11 is 0. The van der Waals surface area contributed by atoms with Crippen LogP contribution in [0, 0.1) is 0 Å². The van der Waals surface area contributed by atoms with Gasteiger partial charge < -0.3 is 19.9 Å². The number of hydrogen-bond acceptors (Lipinski definition) is 5. The van der Waals surface area contributed by atoms with Gasteiger partial charge in [-0.15, -0.1) is 24.8 Å². The molecule has 4 aromatic rings. The Morgan fingerprint density at radius 3 is 2.18 bits per heavy atom. The van der Waals surface area contributed by atoms with E-state index in [4.69, 9.17) is 24.9 Å². The standard InChI is InChI=1S/C31H32N2O3.2ClH/c1-34-30-19-9-22(21-31(30)36-25-5-2-3-6-25)8-18-29-28(7-4-20-33-29)23-10-14-26(15-11-23)35-27-16-12-24(32)13-17-27;;/h4,7,9-17,19-21,25H,2-3,5-6,8,18,32H2,1H3;2*1H. The van der Waals surface area contributed by atoms with Gasteiger partial charge >= 0.3 is 0 Å². The Morgan fingerprint density at radius 1 is 0.816 bits per heavy atom. The summed E-state index contributed by atoms with van der Waals surface area (Å²) in [4.78, 5) is 4.71. The van der Waals surface area contributed by atoms with Gasteiger partial charge in [-0.2, -0.15) is 0 Å². The molecule has 3 aromatic carbocycles. The molecule has 0 spiro atoms. The lowest BCUT2D eigenvalue weighted by Crippen LogP contribution is -2.11. The fourth-order valence-corrected chi connectivity index (χ4v) is 4.69. The van der Waals surface area contributed by atoms with Gasteiger partial charge in [-0.3, -0.25) is 4.98 Å². The summed E-state index contributed by atoms with van der Waals surface area (Å²) in [6.07, 6.45) is 8.57. The summed E-state index contributed by atoms with van der Waals surface area (Å²) in [6, 6.07) is 25.9. The van der Waals surface area contributed by atoms with Crippen LogP contribution in [0.15, 0.2) is 85.1 Å². The molecule has 0 atom stereocenters. The van der Waals surface area contributed by atoms with Crippen molar-refractivity contribution in [2.24, 2.45) is 0 Å². The van der Waals surface area contributed by atoms with Crippen molar-refractivity contribution in [3.63, 3.8) is 0 Å². The smallest absolute Gasteiger partial charge is 0.161 e. The Bertz CT molecular complexity index is 1290. The first-order valence-electron chi connectivity index (χ1n) is 12.6. The third-order valence-electron chi connectivity index (χ3n) is 6.65. The molecule has 1 saturated carbocycles. The molecule has 1 fully saturated rings. The van der Waals surface area contributed by atoms with Gasteiger partial charge in [0.15, 0.2) is 11.5 Å². The van der Waals surface area contributed by atoms with Crippen molar-refractivity contribution >= 4 is 30.5 Å². The molecule has 0 amide bonds. The number of nitrogen functional groups attached to an aromatic ring is 1. The zero-order valence-corrected chi connectivity index (χ0v) is 23.1. The van der Waals surface area contributed by atoms with Crippen molar-refractivity contribution < 1.29 is 14.2 Å². The largest absolute Gasteiger partial charge is 0.493 e. The number of aromatic nitrogens is 1. The quantitative estimate of drug-likeness (QED) is 0.212. The molecule has 0 radical (unpaired) electrons. The molecule has 1 heterocycles. The van der Waals surface area contributed by atoms with Crippen molar-refractivity contribution in [2.75, 3.05) is 12.8 Å². The predicted molar refractivity (Wildman–Crippen MR) is 158 cm³/mol. The first kappa shape index (κ1) is 29.2. The van der Waals surface area contributed by atoms with E-state index in [1.54, 1.807) is 7.11 Å². The van der Waals surface area contributed by atoms with E-state index in [0.717, 1.165) is 65.5 Å². The van der Waals surface area contributed by atoms with Crippen molar-refractivity contribution in [3.8, 4) is 34.1 Å². The van der Waals surface area contributed by atoms with Gasteiger partial charge in [0, 0.05) is 23.1 Å². The normalized spacial score (nSPS) is 12.8. The summed E-state index contributed by atoms with van der Waals surface area (Å²) in [5.41, 5.74) is 11.0. The minimum Gasteiger partial charge on any atom is -0.493 e. The molecular weight excluding hydrogens is 519 g/mol. The lowest BCUT2D eigenvalue weighted by Gasteiger charge is -2.17. The van der Waals surface area contributed by atoms with Crippen LogP contribution in [0.25, 0.3) is 11.1 Å². The second-order valence-corrected chi connectivity index (χ2v) is 9.20. The minimum absolute atomic E-state index is 0. The van der Waals surface area contributed by atoms with E-state index in [-0.39, 0.29) is 24.8 Å². The van der Waals surface area contributed by atoms with Gasteiger partial charge in [0.25, 0.3) is 0 Å². The first-order valence-corrected chi connectivity index (χ1v) is 12.6. The third kappa shape index (κ3) is 7.33. The van der Waals surface area contributed by atoms with Crippen molar-refractivity contribution in [1.82, 2.24) is 4.98 Å². The van der Waals surface area contributed by atoms with E-state index >= 15 is 0 Å². The molecule has 5 rings (SSSR count). The molecule has 0 aliphatic heterocycles.